The highest BCUT2D eigenvalue weighted by molar-refractivity contribution is 5.99. The molecule has 2 rings (SSSR count). The lowest BCUT2D eigenvalue weighted by molar-refractivity contribution is 0.0846. The van der Waals surface area contributed by atoms with Crippen LogP contribution in [0.5, 0.6) is 23.0 Å². The summed E-state index contributed by atoms with van der Waals surface area (Å²) in [6.45, 7) is 0. The number of carbonyl (C=O) groups is 2. The van der Waals surface area contributed by atoms with Gasteiger partial charge in [0.1, 0.15) is 23.0 Å². The molecular formula is C18H20N2O6. The van der Waals surface area contributed by atoms with Gasteiger partial charge in [-0.2, -0.15) is 0 Å². The van der Waals surface area contributed by atoms with Crippen molar-refractivity contribution < 1.29 is 28.5 Å². The van der Waals surface area contributed by atoms with Gasteiger partial charge in [-0.1, -0.05) is 0 Å². The van der Waals surface area contributed by atoms with E-state index < -0.39 is 11.8 Å². The van der Waals surface area contributed by atoms with Crippen LogP contribution in [0.3, 0.4) is 0 Å². The molecule has 0 aromatic heterocycles. The summed E-state index contributed by atoms with van der Waals surface area (Å²) in [4.78, 5) is 24.6. The van der Waals surface area contributed by atoms with E-state index in [0.717, 1.165) is 0 Å². The van der Waals surface area contributed by atoms with Crippen molar-refractivity contribution in [1.82, 2.24) is 10.9 Å². The molecule has 2 N–H and O–H groups in total. The number of nitrogens with one attached hydrogen (secondary N) is 2. The molecule has 26 heavy (non-hydrogen) atoms. The van der Waals surface area contributed by atoms with Gasteiger partial charge >= 0.3 is 0 Å². The van der Waals surface area contributed by atoms with Crippen molar-refractivity contribution in [3.8, 4) is 23.0 Å². The third kappa shape index (κ3) is 4.56. The Bertz CT molecular complexity index is 694. The summed E-state index contributed by atoms with van der Waals surface area (Å²) in [6, 6.07) is 9.38. The van der Waals surface area contributed by atoms with Crippen LogP contribution in [-0.4, -0.2) is 40.3 Å². The van der Waals surface area contributed by atoms with Crippen molar-refractivity contribution in [3.05, 3.63) is 47.5 Å². The van der Waals surface area contributed by atoms with Crippen LogP contribution in [0.15, 0.2) is 36.4 Å². The Morgan fingerprint density at radius 3 is 1.08 bits per heavy atom. The van der Waals surface area contributed by atoms with Crippen LogP contribution in [0.2, 0.25) is 0 Å². The summed E-state index contributed by atoms with van der Waals surface area (Å²) in [6.07, 6.45) is 0. The molecule has 0 heterocycles. The Hall–Kier alpha value is -3.42. The zero-order valence-corrected chi connectivity index (χ0v) is 14.9. The Balaban J connectivity index is 2.11. The highest BCUT2D eigenvalue weighted by atomic mass is 16.5. The first-order valence-corrected chi connectivity index (χ1v) is 7.57. The SMILES string of the molecule is COc1cc(OC)cc(C(=O)NNC(=O)c2cc(OC)cc(OC)c2)c1. The molecule has 0 radical (unpaired) electrons. The summed E-state index contributed by atoms with van der Waals surface area (Å²) in [5.41, 5.74) is 5.22. The maximum absolute atomic E-state index is 12.3. The Kier molecular flexibility index (Phi) is 6.26. The lowest BCUT2D eigenvalue weighted by Gasteiger charge is -2.11. The van der Waals surface area contributed by atoms with Gasteiger partial charge < -0.3 is 18.9 Å². The van der Waals surface area contributed by atoms with E-state index in [-0.39, 0.29) is 11.1 Å². The third-order valence-corrected chi connectivity index (χ3v) is 3.52. The van der Waals surface area contributed by atoms with Crippen LogP contribution in [0, 0.1) is 0 Å². The fourth-order valence-electron chi connectivity index (χ4n) is 2.13. The molecular weight excluding hydrogens is 340 g/mol. The van der Waals surface area contributed by atoms with Crippen LogP contribution in [0.25, 0.3) is 0 Å². The Morgan fingerprint density at radius 2 is 0.846 bits per heavy atom. The smallest absolute Gasteiger partial charge is 0.269 e. The first-order chi connectivity index (χ1) is 12.5. The summed E-state index contributed by atoms with van der Waals surface area (Å²) < 4.78 is 20.5. The minimum atomic E-state index is -0.523. The average molecular weight is 360 g/mol. The van der Waals surface area contributed by atoms with Crippen molar-refractivity contribution in [2.75, 3.05) is 28.4 Å². The number of amides is 2. The van der Waals surface area contributed by atoms with Crippen molar-refractivity contribution in [2.45, 2.75) is 0 Å². The zero-order chi connectivity index (χ0) is 19.1. The number of hydrazine groups is 1. The molecule has 0 saturated heterocycles. The maximum atomic E-state index is 12.3. The molecule has 0 spiro atoms. The summed E-state index contributed by atoms with van der Waals surface area (Å²) in [5.74, 6) is 0.782. The summed E-state index contributed by atoms with van der Waals surface area (Å²) in [5, 5.41) is 0. The number of carbonyl (C=O) groups excluding carboxylic acids is 2. The third-order valence-electron chi connectivity index (χ3n) is 3.52. The normalized spacial score (nSPS) is 9.85. The van der Waals surface area contributed by atoms with Crippen LogP contribution >= 0.6 is 0 Å². The Labute approximate surface area is 151 Å². The standard InChI is InChI=1S/C18H20N2O6/c1-23-13-5-11(6-14(9-13)24-2)17(21)19-20-18(22)12-7-15(25-3)10-16(8-12)26-4/h5-10H,1-4H3,(H,19,21)(H,20,22). The molecule has 2 aromatic carbocycles. The highest BCUT2D eigenvalue weighted by Crippen LogP contribution is 2.23. The predicted molar refractivity (Wildman–Crippen MR) is 94.0 cm³/mol. The van der Waals surface area contributed by atoms with E-state index in [0.29, 0.717) is 23.0 Å². The fourth-order valence-corrected chi connectivity index (χ4v) is 2.13. The predicted octanol–water partition coefficient (Wildman–Crippen LogP) is 1.80. The molecule has 0 aliphatic heterocycles. The van der Waals surface area contributed by atoms with E-state index in [1.807, 2.05) is 0 Å². The molecule has 0 aliphatic carbocycles. The molecule has 138 valence electrons. The Morgan fingerprint density at radius 1 is 0.577 bits per heavy atom. The van der Waals surface area contributed by atoms with Gasteiger partial charge in [0.2, 0.25) is 0 Å². The highest BCUT2D eigenvalue weighted by Gasteiger charge is 2.13. The lowest BCUT2D eigenvalue weighted by Crippen LogP contribution is -2.41. The summed E-state index contributed by atoms with van der Waals surface area (Å²) in [7, 11) is 5.92. The minimum Gasteiger partial charge on any atom is -0.497 e. The lowest BCUT2D eigenvalue weighted by atomic mass is 10.2. The maximum Gasteiger partial charge on any atom is 0.269 e. The summed E-state index contributed by atoms with van der Waals surface area (Å²) >= 11 is 0. The number of methoxy groups -OCH3 is 4. The number of rotatable bonds is 6. The number of hydrogen-bond acceptors (Lipinski definition) is 6. The van der Waals surface area contributed by atoms with Gasteiger partial charge in [-0.25, -0.2) is 0 Å². The second-order valence-electron chi connectivity index (χ2n) is 5.11. The van der Waals surface area contributed by atoms with E-state index in [9.17, 15) is 9.59 Å². The van der Waals surface area contributed by atoms with Crippen LogP contribution in [-0.2, 0) is 0 Å². The van der Waals surface area contributed by atoms with E-state index in [1.54, 1.807) is 12.1 Å². The monoisotopic (exact) mass is 360 g/mol. The molecule has 2 amide bonds. The topological polar surface area (TPSA) is 95.1 Å². The molecule has 8 nitrogen and oxygen atoms in total. The quantitative estimate of drug-likeness (QED) is 0.763. The second-order valence-corrected chi connectivity index (χ2v) is 5.11. The molecule has 8 heteroatoms. The molecule has 0 bridgehead atoms. The minimum absolute atomic E-state index is 0.268. The first kappa shape index (κ1) is 18.9. The van der Waals surface area contributed by atoms with Crippen molar-refractivity contribution in [1.29, 1.82) is 0 Å². The van der Waals surface area contributed by atoms with Gasteiger partial charge in [0.25, 0.3) is 11.8 Å². The van der Waals surface area contributed by atoms with Crippen molar-refractivity contribution in [2.24, 2.45) is 0 Å². The van der Waals surface area contributed by atoms with Crippen molar-refractivity contribution >= 4 is 11.8 Å². The largest absolute Gasteiger partial charge is 0.497 e. The molecule has 0 saturated carbocycles. The average Bonchev–Trinajstić information content (AvgIpc) is 2.70. The van der Waals surface area contributed by atoms with Crippen LogP contribution < -0.4 is 29.8 Å². The van der Waals surface area contributed by atoms with E-state index in [2.05, 4.69) is 10.9 Å². The first-order valence-electron chi connectivity index (χ1n) is 7.57. The molecule has 0 fully saturated rings. The van der Waals surface area contributed by atoms with Gasteiger partial charge in [-0.15, -0.1) is 0 Å². The molecule has 2 aromatic rings. The van der Waals surface area contributed by atoms with Gasteiger partial charge in [0.15, 0.2) is 0 Å². The number of ether oxygens (including phenoxy) is 4. The van der Waals surface area contributed by atoms with Gasteiger partial charge in [0.05, 0.1) is 28.4 Å². The van der Waals surface area contributed by atoms with E-state index in [1.165, 1.54) is 52.7 Å². The fraction of sp³-hybridized carbons (Fsp3) is 0.222. The number of hydrogen-bond donors (Lipinski definition) is 2. The molecule has 0 unspecified atom stereocenters. The van der Waals surface area contributed by atoms with E-state index in [4.69, 9.17) is 18.9 Å². The van der Waals surface area contributed by atoms with Gasteiger partial charge in [-0.3, -0.25) is 20.4 Å². The van der Waals surface area contributed by atoms with E-state index >= 15 is 0 Å². The molecule has 0 aliphatic rings. The van der Waals surface area contributed by atoms with Gasteiger partial charge in [0, 0.05) is 23.3 Å². The van der Waals surface area contributed by atoms with Crippen LogP contribution in [0.4, 0.5) is 0 Å². The second kappa shape index (κ2) is 8.61. The number of benzene rings is 2. The van der Waals surface area contributed by atoms with Crippen molar-refractivity contribution in [3.63, 3.8) is 0 Å². The van der Waals surface area contributed by atoms with Gasteiger partial charge in [-0.05, 0) is 24.3 Å². The van der Waals surface area contributed by atoms with Crippen LogP contribution in [0.1, 0.15) is 20.7 Å². The zero-order valence-electron chi connectivity index (χ0n) is 14.9. The molecule has 0 atom stereocenters.